The Bertz CT molecular complexity index is 799. The van der Waals surface area contributed by atoms with Crippen molar-refractivity contribution in [3.63, 3.8) is 0 Å². The molecule has 0 saturated heterocycles. The zero-order valence-corrected chi connectivity index (χ0v) is 14.3. The van der Waals surface area contributed by atoms with Crippen LogP contribution in [0.4, 0.5) is 11.4 Å². The van der Waals surface area contributed by atoms with E-state index < -0.39 is 10.6 Å². The minimum atomic E-state index is -0.663. The van der Waals surface area contributed by atoms with Gasteiger partial charge in [0.1, 0.15) is 10.7 Å². The molecule has 0 unspecified atom stereocenters. The maximum Gasteiger partial charge on any atom is 0.270 e. The second kappa shape index (κ2) is 6.28. The van der Waals surface area contributed by atoms with Crippen LogP contribution in [0.2, 0.25) is 0 Å². The van der Waals surface area contributed by atoms with Crippen LogP contribution < -0.4 is 22.1 Å². The number of rotatable bonds is 3. The summed E-state index contributed by atoms with van der Waals surface area (Å²) >= 11 is 5.10. The number of anilines is 1. The van der Waals surface area contributed by atoms with E-state index in [1.165, 1.54) is 12.1 Å². The molecule has 1 aromatic carbocycles. The Morgan fingerprint density at radius 2 is 1.96 bits per heavy atom. The first-order valence-electron chi connectivity index (χ1n) is 7.92. The summed E-state index contributed by atoms with van der Waals surface area (Å²) in [5.74, 6) is 0.315. The van der Waals surface area contributed by atoms with Crippen LogP contribution in [-0.4, -0.2) is 27.5 Å². The van der Waals surface area contributed by atoms with Gasteiger partial charge in [-0.25, -0.2) is 4.99 Å². The van der Waals surface area contributed by atoms with Crippen LogP contribution in [0.1, 0.15) is 37.7 Å². The lowest BCUT2D eigenvalue weighted by Gasteiger charge is -2.46. The molecule has 2 aliphatic rings. The Morgan fingerprint density at radius 3 is 2.56 bits per heavy atom. The van der Waals surface area contributed by atoms with E-state index in [1.54, 1.807) is 11.0 Å². The molecule has 1 aliphatic heterocycles. The van der Waals surface area contributed by atoms with Gasteiger partial charge < -0.3 is 17.2 Å². The Kier molecular flexibility index (Phi) is 4.29. The van der Waals surface area contributed by atoms with Crippen LogP contribution in [0.5, 0.6) is 0 Å². The van der Waals surface area contributed by atoms with E-state index in [9.17, 15) is 10.1 Å². The van der Waals surface area contributed by atoms with E-state index >= 15 is 0 Å². The number of nitrogens with two attached hydrogens (primary N) is 3. The number of guanidine groups is 2. The quantitative estimate of drug-likeness (QED) is 0.417. The smallest absolute Gasteiger partial charge is 0.270 e. The highest BCUT2D eigenvalue weighted by Crippen LogP contribution is 2.41. The van der Waals surface area contributed by atoms with Gasteiger partial charge in [-0.05, 0) is 31.7 Å². The molecule has 0 amide bonds. The Hall–Kier alpha value is -2.75. The summed E-state index contributed by atoms with van der Waals surface area (Å²) in [7, 11) is 0. The number of hydrogen-bond donors (Lipinski definition) is 3. The van der Waals surface area contributed by atoms with Crippen molar-refractivity contribution in [2.45, 2.75) is 37.8 Å². The number of aliphatic imine (C=N–C) groups is 2. The van der Waals surface area contributed by atoms with Crippen LogP contribution >= 0.6 is 12.2 Å². The van der Waals surface area contributed by atoms with Crippen LogP contribution in [0.25, 0.3) is 0 Å². The van der Waals surface area contributed by atoms with Crippen LogP contribution in [-0.2, 0) is 0 Å². The normalized spacial score (nSPS) is 19.3. The van der Waals surface area contributed by atoms with Gasteiger partial charge in [-0.3, -0.25) is 15.0 Å². The van der Waals surface area contributed by atoms with Gasteiger partial charge in [-0.1, -0.05) is 18.6 Å². The molecule has 132 valence electrons. The van der Waals surface area contributed by atoms with Crippen molar-refractivity contribution >= 4 is 40.5 Å². The van der Waals surface area contributed by atoms with Crippen LogP contribution in [0, 0.1) is 10.1 Å². The third kappa shape index (κ3) is 3.00. The molecule has 0 atom stereocenters. The van der Waals surface area contributed by atoms with E-state index in [0.29, 0.717) is 11.3 Å². The van der Waals surface area contributed by atoms with Gasteiger partial charge in [0.05, 0.1) is 10.6 Å². The van der Waals surface area contributed by atoms with Crippen molar-refractivity contribution in [3.8, 4) is 0 Å². The topological polar surface area (TPSA) is 149 Å². The molecule has 1 aromatic rings. The molecular weight excluding hydrogens is 342 g/mol. The van der Waals surface area contributed by atoms with Gasteiger partial charge in [-0.15, -0.1) is 0 Å². The molecule has 1 fully saturated rings. The summed E-state index contributed by atoms with van der Waals surface area (Å²) in [6.07, 6.45) is 4.53. The molecule has 1 heterocycles. The minimum absolute atomic E-state index is 0.0417. The van der Waals surface area contributed by atoms with Crippen molar-refractivity contribution in [1.29, 1.82) is 0 Å². The average Bonchev–Trinajstić information content (AvgIpc) is 2.54. The maximum atomic E-state index is 11.1. The van der Waals surface area contributed by atoms with E-state index in [-0.39, 0.29) is 22.6 Å². The third-order valence-corrected chi connectivity index (χ3v) is 4.77. The number of nitrogens with zero attached hydrogens (tertiary/aromatic N) is 4. The molecule has 0 bridgehead atoms. The third-order valence-electron chi connectivity index (χ3n) is 4.55. The number of non-ortho nitro benzene ring substituents is 1. The van der Waals surface area contributed by atoms with Gasteiger partial charge in [0.2, 0.25) is 11.9 Å². The first-order chi connectivity index (χ1) is 11.8. The van der Waals surface area contributed by atoms with Crippen LogP contribution in [0.3, 0.4) is 0 Å². The molecule has 1 aliphatic carbocycles. The lowest BCUT2D eigenvalue weighted by molar-refractivity contribution is -0.384. The second-order valence-electron chi connectivity index (χ2n) is 6.14. The molecule has 6 N–H and O–H groups in total. The fourth-order valence-corrected chi connectivity index (χ4v) is 3.66. The number of thiocarbonyl (C=S) groups is 1. The lowest BCUT2D eigenvalue weighted by Crippen LogP contribution is -2.58. The fourth-order valence-electron chi connectivity index (χ4n) is 3.50. The Labute approximate surface area is 149 Å². The summed E-state index contributed by atoms with van der Waals surface area (Å²) in [5.41, 5.74) is 18.0. The predicted molar refractivity (Wildman–Crippen MR) is 101 cm³/mol. The molecule has 1 spiro atoms. The number of nitro benzene ring substituents is 1. The first kappa shape index (κ1) is 17.1. The SMILES string of the molecule is NC(=S)c1cc([N+](=O)[O-])ccc1N1C(N)=NC(N)=NC12CCCCC2. The van der Waals surface area contributed by atoms with Crippen molar-refractivity contribution in [2.24, 2.45) is 27.2 Å². The molecule has 0 aromatic heterocycles. The molecule has 3 rings (SSSR count). The molecule has 0 radical (unpaired) electrons. The molecule has 1 saturated carbocycles. The van der Waals surface area contributed by atoms with Crippen molar-refractivity contribution in [1.82, 2.24) is 0 Å². The van der Waals surface area contributed by atoms with Gasteiger partial charge in [-0.2, -0.15) is 4.99 Å². The zero-order chi connectivity index (χ0) is 18.2. The van der Waals surface area contributed by atoms with Crippen LogP contribution in [0.15, 0.2) is 28.2 Å². The highest BCUT2D eigenvalue weighted by molar-refractivity contribution is 7.80. The fraction of sp³-hybridized carbons (Fsp3) is 0.400. The highest BCUT2D eigenvalue weighted by atomic mass is 32.1. The predicted octanol–water partition coefficient (Wildman–Crippen LogP) is 1.34. The zero-order valence-electron chi connectivity index (χ0n) is 13.5. The highest BCUT2D eigenvalue weighted by Gasteiger charge is 2.43. The van der Waals surface area contributed by atoms with Gasteiger partial charge >= 0.3 is 0 Å². The lowest BCUT2D eigenvalue weighted by atomic mass is 9.87. The minimum Gasteiger partial charge on any atom is -0.389 e. The molecule has 25 heavy (non-hydrogen) atoms. The van der Waals surface area contributed by atoms with E-state index in [1.807, 2.05) is 0 Å². The molecule has 10 heteroatoms. The number of hydrogen-bond acceptors (Lipinski definition) is 8. The molecule has 9 nitrogen and oxygen atoms in total. The van der Waals surface area contributed by atoms with Gasteiger partial charge in [0, 0.05) is 17.7 Å². The van der Waals surface area contributed by atoms with Crippen molar-refractivity contribution in [3.05, 3.63) is 33.9 Å². The monoisotopic (exact) mass is 361 g/mol. The first-order valence-corrected chi connectivity index (χ1v) is 8.33. The standard InChI is InChI=1S/C15H19N7O2S/c16-12(25)10-8-9(22(23)24)4-5-11(10)21-14(18)19-13(17)20-15(21)6-2-1-3-7-15/h4-5,8H,1-3,6-7H2,(H2,16,25)(H4,17,18,19,20). The average molecular weight is 361 g/mol. The van der Waals surface area contributed by atoms with Gasteiger partial charge in [0.25, 0.3) is 5.69 Å². The Morgan fingerprint density at radius 1 is 1.28 bits per heavy atom. The summed E-state index contributed by atoms with van der Waals surface area (Å²) in [6.45, 7) is 0. The van der Waals surface area contributed by atoms with E-state index in [0.717, 1.165) is 32.1 Å². The maximum absolute atomic E-state index is 11.1. The summed E-state index contributed by atoms with van der Waals surface area (Å²) < 4.78 is 0. The number of benzene rings is 1. The summed E-state index contributed by atoms with van der Waals surface area (Å²) in [6, 6.07) is 4.33. The van der Waals surface area contributed by atoms with Crippen molar-refractivity contribution in [2.75, 3.05) is 4.90 Å². The largest absolute Gasteiger partial charge is 0.389 e. The molecular formula is C15H19N7O2S. The number of nitro groups is 1. The van der Waals surface area contributed by atoms with E-state index in [2.05, 4.69) is 9.98 Å². The van der Waals surface area contributed by atoms with Gasteiger partial charge in [0.15, 0.2) is 0 Å². The van der Waals surface area contributed by atoms with Crippen molar-refractivity contribution < 1.29 is 4.92 Å². The summed E-state index contributed by atoms with van der Waals surface area (Å²) in [5, 5.41) is 11.1. The second-order valence-corrected chi connectivity index (χ2v) is 6.58. The Balaban J connectivity index is 2.17. The van der Waals surface area contributed by atoms with E-state index in [4.69, 9.17) is 29.4 Å². The summed E-state index contributed by atoms with van der Waals surface area (Å²) in [4.78, 5) is 21.1.